The van der Waals surface area contributed by atoms with Crippen LogP contribution < -0.4 is 5.32 Å². The summed E-state index contributed by atoms with van der Waals surface area (Å²) >= 11 is 12.1. The van der Waals surface area contributed by atoms with Gasteiger partial charge in [0.05, 0.1) is 15.7 Å². The van der Waals surface area contributed by atoms with Crippen molar-refractivity contribution in [2.75, 3.05) is 38.0 Å². The summed E-state index contributed by atoms with van der Waals surface area (Å²) in [4.78, 5) is 16.7. The number of nitrogens with zero attached hydrogens (tertiary/aromatic N) is 2. The molecule has 0 unspecified atom stereocenters. The van der Waals surface area contributed by atoms with Crippen molar-refractivity contribution in [3.63, 3.8) is 0 Å². The Hall–Kier alpha value is -1.23. The van der Waals surface area contributed by atoms with Crippen LogP contribution in [-0.4, -0.2) is 48.6 Å². The van der Waals surface area contributed by atoms with Crippen LogP contribution in [0, 0.1) is 0 Å². The standard InChI is InChI=1S/C19H25Cl2N3O/c20-16-7-4-8-17(18(16)21)22-19(25)24-13-11-23(12-14-24)10-9-15-5-2-1-3-6-15/h4-5,7-8H,1-3,6,9-14H2,(H,22,25). The van der Waals surface area contributed by atoms with Crippen molar-refractivity contribution in [1.82, 2.24) is 9.80 Å². The number of rotatable bonds is 4. The summed E-state index contributed by atoms with van der Waals surface area (Å²) in [5.74, 6) is 0. The number of hydrogen-bond donors (Lipinski definition) is 1. The van der Waals surface area contributed by atoms with Crippen LogP contribution in [0.3, 0.4) is 0 Å². The molecule has 1 aliphatic heterocycles. The lowest BCUT2D eigenvalue weighted by atomic mass is 9.97. The minimum absolute atomic E-state index is 0.112. The first-order valence-electron chi connectivity index (χ1n) is 9.03. The van der Waals surface area contributed by atoms with Crippen LogP contribution in [0.4, 0.5) is 10.5 Å². The van der Waals surface area contributed by atoms with E-state index in [2.05, 4.69) is 16.3 Å². The molecule has 1 heterocycles. The zero-order valence-corrected chi connectivity index (χ0v) is 16.0. The lowest BCUT2D eigenvalue weighted by Gasteiger charge is -2.35. The fourth-order valence-corrected chi connectivity index (χ4v) is 3.75. The molecule has 0 saturated carbocycles. The summed E-state index contributed by atoms with van der Waals surface area (Å²) in [5.41, 5.74) is 2.17. The Bertz CT molecular complexity index is 640. The molecule has 4 nitrogen and oxygen atoms in total. The van der Waals surface area contributed by atoms with E-state index in [1.807, 2.05) is 4.90 Å². The number of carbonyl (C=O) groups excluding carboxylic acids is 1. The van der Waals surface area contributed by atoms with E-state index in [9.17, 15) is 4.79 Å². The molecule has 1 fully saturated rings. The average Bonchev–Trinajstić information content (AvgIpc) is 2.65. The molecule has 2 amide bonds. The summed E-state index contributed by atoms with van der Waals surface area (Å²) < 4.78 is 0. The maximum atomic E-state index is 12.4. The van der Waals surface area contributed by atoms with Crippen molar-refractivity contribution < 1.29 is 4.79 Å². The minimum Gasteiger partial charge on any atom is -0.322 e. The second-order valence-corrected chi connectivity index (χ2v) is 7.50. The zero-order chi connectivity index (χ0) is 17.6. The third-order valence-corrected chi connectivity index (χ3v) is 5.81. The summed E-state index contributed by atoms with van der Waals surface area (Å²) in [5, 5.41) is 3.69. The molecular formula is C19H25Cl2N3O. The molecule has 1 aromatic rings. The topological polar surface area (TPSA) is 35.6 Å². The lowest BCUT2D eigenvalue weighted by Crippen LogP contribution is -2.50. The molecule has 0 spiro atoms. The summed E-state index contributed by atoms with van der Waals surface area (Å²) in [6.45, 7) is 4.42. The van der Waals surface area contributed by atoms with E-state index in [0.29, 0.717) is 15.7 Å². The fraction of sp³-hybridized carbons (Fsp3) is 0.526. The largest absolute Gasteiger partial charge is 0.322 e. The van der Waals surface area contributed by atoms with Gasteiger partial charge in [-0.05, 0) is 44.2 Å². The predicted octanol–water partition coefficient (Wildman–Crippen LogP) is 5.03. The maximum Gasteiger partial charge on any atom is 0.321 e. The van der Waals surface area contributed by atoms with Crippen LogP contribution >= 0.6 is 23.2 Å². The van der Waals surface area contributed by atoms with Gasteiger partial charge in [0.1, 0.15) is 0 Å². The Morgan fingerprint density at radius 2 is 1.92 bits per heavy atom. The van der Waals surface area contributed by atoms with Crippen molar-refractivity contribution in [2.45, 2.75) is 32.1 Å². The average molecular weight is 382 g/mol. The number of nitrogens with one attached hydrogen (secondary N) is 1. The van der Waals surface area contributed by atoms with E-state index in [-0.39, 0.29) is 6.03 Å². The molecule has 1 saturated heterocycles. The minimum atomic E-state index is -0.112. The van der Waals surface area contributed by atoms with E-state index in [1.54, 1.807) is 23.8 Å². The van der Waals surface area contributed by atoms with Crippen molar-refractivity contribution in [1.29, 1.82) is 0 Å². The van der Waals surface area contributed by atoms with Gasteiger partial charge >= 0.3 is 6.03 Å². The highest BCUT2D eigenvalue weighted by molar-refractivity contribution is 6.43. The molecule has 6 heteroatoms. The van der Waals surface area contributed by atoms with Crippen molar-refractivity contribution in [2.24, 2.45) is 0 Å². The Kier molecular flexibility index (Phi) is 6.63. The van der Waals surface area contributed by atoms with Gasteiger partial charge in [-0.1, -0.05) is 40.9 Å². The second-order valence-electron chi connectivity index (χ2n) is 6.72. The Morgan fingerprint density at radius 1 is 1.12 bits per heavy atom. The van der Waals surface area contributed by atoms with E-state index in [1.165, 1.54) is 32.1 Å². The number of carbonyl (C=O) groups is 1. The van der Waals surface area contributed by atoms with Gasteiger partial charge in [0.15, 0.2) is 0 Å². The van der Waals surface area contributed by atoms with Crippen LogP contribution in [0.5, 0.6) is 0 Å². The molecule has 0 radical (unpaired) electrons. The predicted molar refractivity (Wildman–Crippen MR) is 105 cm³/mol. The molecule has 0 atom stereocenters. The third-order valence-electron chi connectivity index (χ3n) is 4.99. The normalized spacial score (nSPS) is 18.8. The van der Waals surface area contributed by atoms with Gasteiger partial charge in [-0.3, -0.25) is 4.90 Å². The molecule has 1 aliphatic carbocycles. The van der Waals surface area contributed by atoms with E-state index in [0.717, 1.165) is 32.7 Å². The van der Waals surface area contributed by atoms with Crippen LogP contribution in [-0.2, 0) is 0 Å². The van der Waals surface area contributed by atoms with Crippen molar-refractivity contribution in [3.05, 3.63) is 39.9 Å². The highest BCUT2D eigenvalue weighted by Crippen LogP contribution is 2.29. The van der Waals surface area contributed by atoms with E-state index in [4.69, 9.17) is 23.2 Å². The van der Waals surface area contributed by atoms with Gasteiger partial charge in [-0.2, -0.15) is 0 Å². The second kappa shape index (κ2) is 8.93. The van der Waals surface area contributed by atoms with Gasteiger partial charge in [0.25, 0.3) is 0 Å². The number of amides is 2. The number of piperazine rings is 1. The molecular weight excluding hydrogens is 357 g/mol. The number of urea groups is 1. The first-order chi connectivity index (χ1) is 12.1. The Morgan fingerprint density at radius 3 is 2.64 bits per heavy atom. The van der Waals surface area contributed by atoms with Crippen LogP contribution in [0.1, 0.15) is 32.1 Å². The smallest absolute Gasteiger partial charge is 0.321 e. The van der Waals surface area contributed by atoms with Gasteiger partial charge in [0, 0.05) is 32.7 Å². The Balaban J connectivity index is 1.44. The molecule has 136 valence electrons. The van der Waals surface area contributed by atoms with Crippen LogP contribution in [0.15, 0.2) is 29.8 Å². The molecule has 3 rings (SSSR count). The lowest BCUT2D eigenvalue weighted by molar-refractivity contribution is 0.148. The van der Waals surface area contributed by atoms with E-state index >= 15 is 0 Å². The molecule has 0 bridgehead atoms. The van der Waals surface area contributed by atoms with Crippen LogP contribution in [0.2, 0.25) is 10.0 Å². The van der Waals surface area contributed by atoms with Gasteiger partial charge in [-0.15, -0.1) is 0 Å². The first-order valence-corrected chi connectivity index (χ1v) is 9.79. The highest BCUT2D eigenvalue weighted by Gasteiger charge is 2.22. The van der Waals surface area contributed by atoms with Gasteiger partial charge < -0.3 is 10.2 Å². The van der Waals surface area contributed by atoms with Crippen molar-refractivity contribution >= 4 is 34.9 Å². The molecule has 25 heavy (non-hydrogen) atoms. The highest BCUT2D eigenvalue weighted by atomic mass is 35.5. The summed E-state index contributed by atoms with van der Waals surface area (Å²) in [6.07, 6.45) is 8.78. The number of hydrogen-bond acceptors (Lipinski definition) is 2. The van der Waals surface area contributed by atoms with Crippen molar-refractivity contribution in [3.8, 4) is 0 Å². The molecule has 1 aromatic carbocycles. The third kappa shape index (κ3) is 5.13. The number of halogens is 2. The molecule has 1 N–H and O–H groups in total. The number of allylic oxidation sites excluding steroid dienone is 1. The molecule has 2 aliphatic rings. The SMILES string of the molecule is O=C(Nc1cccc(Cl)c1Cl)N1CCN(CCC2=CCCCC2)CC1. The molecule has 0 aromatic heterocycles. The number of benzene rings is 1. The summed E-state index contributed by atoms with van der Waals surface area (Å²) in [6, 6.07) is 5.14. The van der Waals surface area contributed by atoms with Gasteiger partial charge in [-0.25, -0.2) is 4.79 Å². The monoisotopic (exact) mass is 381 g/mol. The zero-order valence-electron chi connectivity index (χ0n) is 14.4. The Labute approximate surface area is 159 Å². The fourth-order valence-electron chi connectivity index (χ4n) is 3.40. The number of anilines is 1. The first kappa shape index (κ1) is 18.6. The van der Waals surface area contributed by atoms with E-state index < -0.39 is 0 Å². The summed E-state index contributed by atoms with van der Waals surface area (Å²) in [7, 11) is 0. The van der Waals surface area contributed by atoms with Gasteiger partial charge in [0.2, 0.25) is 0 Å². The quantitative estimate of drug-likeness (QED) is 0.741. The maximum absolute atomic E-state index is 12.4. The van der Waals surface area contributed by atoms with Crippen LogP contribution in [0.25, 0.3) is 0 Å².